The van der Waals surface area contributed by atoms with E-state index in [2.05, 4.69) is 26.2 Å². The van der Waals surface area contributed by atoms with E-state index in [9.17, 15) is 9.59 Å². The molecule has 2 N–H and O–H groups in total. The number of anilines is 1. The molecule has 4 rings (SSSR count). The highest BCUT2D eigenvalue weighted by atomic mass is 79.9. The van der Waals surface area contributed by atoms with Crippen molar-refractivity contribution in [3.63, 3.8) is 0 Å². The van der Waals surface area contributed by atoms with Crippen LogP contribution >= 0.6 is 39.5 Å². The van der Waals surface area contributed by atoms with Gasteiger partial charge in [0.1, 0.15) is 10.5 Å². The number of benzene rings is 2. The minimum Gasteiger partial charge on any atom is -0.321 e. The van der Waals surface area contributed by atoms with Gasteiger partial charge in [-0.25, -0.2) is 0 Å². The predicted octanol–water partition coefficient (Wildman–Crippen LogP) is 5.20. The second-order valence-electron chi connectivity index (χ2n) is 6.27. The van der Waals surface area contributed by atoms with Gasteiger partial charge in [0.25, 0.3) is 11.5 Å². The number of nitrogens with one attached hydrogen (secondary N) is 2. The van der Waals surface area contributed by atoms with E-state index < -0.39 is 0 Å². The summed E-state index contributed by atoms with van der Waals surface area (Å²) in [6.07, 6.45) is 0. The Morgan fingerprint density at radius 3 is 2.74 bits per heavy atom. The largest absolute Gasteiger partial charge is 0.321 e. The van der Waals surface area contributed by atoms with Crippen LogP contribution in [0.5, 0.6) is 0 Å². The summed E-state index contributed by atoms with van der Waals surface area (Å²) in [4.78, 5) is 28.6. The molecule has 4 aromatic rings. The zero-order chi connectivity index (χ0) is 19.3. The van der Waals surface area contributed by atoms with Crippen LogP contribution in [0.4, 0.5) is 5.69 Å². The van der Waals surface area contributed by atoms with Gasteiger partial charge in [-0.1, -0.05) is 45.0 Å². The molecule has 0 saturated heterocycles. The highest BCUT2D eigenvalue weighted by molar-refractivity contribution is 9.10. The van der Waals surface area contributed by atoms with Crippen LogP contribution in [0.15, 0.2) is 45.7 Å². The second-order valence-corrected chi connectivity index (χ2v) is 8.83. The molecule has 0 bridgehead atoms. The molecular weight excluding hydrogens is 446 g/mol. The Labute approximate surface area is 171 Å². The first kappa shape index (κ1) is 18.1. The molecule has 0 fully saturated rings. The fraction of sp³-hybridized carbons (Fsp3) is 0.105. The van der Waals surface area contributed by atoms with Gasteiger partial charge < -0.3 is 10.3 Å². The molecule has 2 heterocycles. The summed E-state index contributed by atoms with van der Waals surface area (Å²) in [6.45, 7) is 3.94. The highest BCUT2D eigenvalue weighted by Crippen LogP contribution is 2.26. The number of hydrogen-bond acceptors (Lipinski definition) is 4. The molecular formula is C19H14BrN3O2S2. The Morgan fingerprint density at radius 1 is 1.22 bits per heavy atom. The van der Waals surface area contributed by atoms with Crippen molar-refractivity contribution in [3.8, 4) is 0 Å². The van der Waals surface area contributed by atoms with Crippen molar-refractivity contribution in [2.45, 2.75) is 13.8 Å². The molecule has 8 heteroatoms. The standard InChI is InChI=1S/C19H14BrN3O2S2/c1-9-3-5-13(10(2)7-9)21-18(25)15-16-22-17(24)12-8-11(20)4-6-14(12)23(16)19(26)27-15/h3-8H,1-2H3,(H,21,25)(H,22,24). The first-order valence-corrected chi connectivity index (χ1v) is 10.1. The Bertz CT molecular complexity index is 1350. The van der Waals surface area contributed by atoms with Gasteiger partial charge in [-0.3, -0.25) is 14.0 Å². The van der Waals surface area contributed by atoms with Crippen LogP contribution in [0.1, 0.15) is 20.8 Å². The summed E-state index contributed by atoms with van der Waals surface area (Å²) < 4.78 is 3.04. The number of aromatic amines is 1. The van der Waals surface area contributed by atoms with Crippen LogP contribution in [-0.4, -0.2) is 15.3 Å². The maximum atomic E-state index is 12.9. The van der Waals surface area contributed by atoms with Gasteiger partial charge in [0, 0.05) is 10.2 Å². The van der Waals surface area contributed by atoms with Crippen LogP contribution in [0.3, 0.4) is 0 Å². The third-order valence-corrected chi connectivity index (χ3v) is 6.19. The Balaban J connectivity index is 1.89. The quantitative estimate of drug-likeness (QED) is 0.404. The third kappa shape index (κ3) is 3.13. The molecule has 1 amide bonds. The third-order valence-electron chi connectivity index (χ3n) is 4.32. The van der Waals surface area contributed by atoms with E-state index in [1.54, 1.807) is 10.5 Å². The number of hydrogen-bond donors (Lipinski definition) is 2. The van der Waals surface area contributed by atoms with E-state index in [-0.39, 0.29) is 11.5 Å². The van der Waals surface area contributed by atoms with Crippen LogP contribution in [0.25, 0.3) is 16.6 Å². The highest BCUT2D eigenvalue weighted by Gasteiger charge is 2.18. The summed E-state index contributed by atoms with van der Waals surface area (Å²) in [6, 6.07) is 11.2. The molecule has 0 saturated carbocycles. The van der Waals surface area contributed by atoms with E-state index >= 15 is 0 Å². The van der Waals surface area contributed by atoms with Gasteiger partial charge >= 0.3 is 0 Å². The first-order chi connectivity index (χ1) is 12.8. The average molecular weight is 460 g/mol. The SMILES string of the molecule is Cc1ccc(NC(=O)c2sc(=S)n3c2[nH]c(=O)c2cc(Br)ccc23)c(C)c1. The van der Waals surface area contributed by atoms with Crippen molar-refractivity contribution >= 4 is 67.6 Å². The molecule has 5 nitrogen and oxygen atoms in total. The van der Waals surface area contributed by atoms with Gasteiger partial charge in [0.05, 0.1) is 10.9 Å². The lowest BCUT2D eigenvalue weighted by Crippen LogP contribution is -2.15. The maximum Gasteiger partial charge on any atom is 0.269 e. The summed E-state index contributed by atoms with van der Waals surface area (Å²) in [7, 11) is 0. The van der Waals surface area contributed by atoms with E-state index in [4.69, 9.17) is 12.2 Å². The number of thiazole rings is 1. The first-order valence-electron chi connectivity index (χ1n) is 8.11. The normalized spacial score (nSPS) is 11.2. The van der Waals surface area contributed by atoms with E-state index in [0.29, 0.717) is 25.4 Å². The average Bonchev–Trinajstić information content (AvgIpc) is 2.94. The number of carbonyl (C=O) groups is 1. The monoisotopic (exact) mass is 459 g/mol. The van der Waals surface area contributed by atoms with E-state index in [1.807, 2.05) is 44.2 Å². The van der Waals surface area contributed by atoms with Crippen LogP contribution in [0, 0.1) is 17.8 Å². The summed E-state index contributed by atoms with van der Waals surface area (Å²) in [5.41, 5.74) is 3.64. The lowest BCUT2D eigenvalue weighted by Gasteiger charge is -2.08. The Hall–Kier alpha value is -2.29. The van der Waals surface area contributed by atoms with E-state index in [0.717, 1.165) is 21.3 Å². The summed E-state index contributed by atoms with van der Waals surface area (Å²) >= 11 is 10.0. The number of carbonyl (C=O) groups excluding carboxylic acids is 1. The van der Waals surface area contributed by atoms with Crippen LogP contribution < -0.4 is 10.9 Å². The number of amides is 1. The molecule has 0 spiro atoms. The minimum atomic E-state index is -0.298. The van der Waals surface area contributed by atoms with Crippen molar-refractivity contribution < 1.29 is 4.79 Å². The fourth-order valence-corrected chi connectivity index (χ4v) is 4.69. The molecule has 0 unspecified atom stereocenters. The molecule has 27 heavy (non-hydrogen) atoms. The molecule has 0 aliphatic carbocycles. The molecule has 2 aromatic carbocycles. The number of nitrogens with zero attached hydrogens (tertiary/aromatic N) is 1. The second kappa shape index (κ2) is 6.70. The number of aryl methyl sites for hydroxylation is 2. The zero-order valence-electron chi connectivity index (χ0n) is 14.4. The van der Waals surface area contributed by atoms with Crippen LogP contribution in [0.2, 0.25) is 0 Å². The number of rotatable bonds is 2. The van der Waals surface area contributed by atoms with Gasteiger partial charge in [-0.2, -0.15) is 0 Å². The number of fused-ring (bicyclic) bond motifs is 3. The predicted molar refractivity (Wildman–Crippen MR) is 116 cm³/mol. The fourth-order valence-electron chi connectivity index (χ4n) is 3.05. The van der Waals surface area contributed by atoms with Crippen molar-refractivity contribution in [1.29, 1.82) is 0 Å². The molecule has 0 radical (unpaired) electrons. The Kier molecular flexibility index (Phi) is 4.49. The molecule has 2 aromatic heterocycles. The number of H-pyrrole nitrogens is 1. The number of halogens is 1. The number of aromatic nitrogens is 2. The van der Waals surface area contributed by atoms with Crippen molar-refractivity contribution in [1.82, 2.24) is 9.38 Å². The van der Waals surface area contributed by atoms with Crippen LogP contribution in [-0.2, 0) is 0 Å². The lowest BCUT2D eigenvalue weighted by molar-refractivity contribution is 0.103. The smallest absolute Gasteiger partial charge is 0.269 e. The van der Waals surface area contributed by atoms with Gasteiger partial charge in [-0.05, 0) is 55.9 Å². The van der Waals surface area contributed by atoms with Crippen molar-refractivity contribution in [3.05, 3.63) is 71.2 Å². The Morgan fingerprint density at radius 2 is 2.00 bits per heavy atom. The van der Waals surface area contributed by atoms with Gasteiger partial charge in [0.2, 0.25) is 0 Å². The molecule has 0 aliphatic rings. The van der Waals surface area contributed by atoms with Gasteiger partial charge in [-0.15, -0.1) is 0 Å². The maximum absolute atomic E-state index is 12.9. The summed E-state index contributed by atoms with van der Waals surface area (Å²) in [5.74, 6) is -0.298. The summed E-state index contributed by atoms with van der Waals surface area (Å²) in [5, 5.41) is 3.42. The van der Waals surface area contributed by atoms with Crippen molar-refractivity contribution in [2.24, 2.45) is 0 Å². The lowest BCUT2D eigenvalue weighted by atomic mass is 10.1. The van der Waals surface area contributed by atoms with Crippen molar-refractivity contribution in [2.75, 3.05) is 5.32 Å². The topological polar surface area (TPSA) is 66.4 Å². The molecule has 136 valence electrons. The van der Waals surface area contributed by atoms with Gasteiger partial charge in [0.15, 0.2) is 3.95 Å². The zero-order valence-corrected chi connectivity index (χ0v) is 17.6. The van der Waals surface area contributed by atoms with E-state index in [1.165, 1.54) is 11.3 Å². The molecule has 0 aliphatic heterocycles. The minimum absolute atomic E-state index is 0.264. The molecule has 0 atom stereocenters.